The van der Waals surface area contributed by atoms with Crippen molar-refractivity contribution in [2.24, 2.45) is 0 Å². The predicted octanol–water partition coefficient (Wildman–Crippen LogP) is 0.855. The number of rotatable bonds is 8. The fourth-order valence-electron chi connectivity index (χ4n) is 0.870. The van der Waals surface area contributed by atoms with Crippen molar-refractivity contribution in [3.05, 3.63) is 0 Å². The van der Waals surface area contributed by atoms with E-state index in [4.69, 9.17) is 0 Å². The maximum atomic E-state index is 11.1. The number of thioether (sulfide) groups is 1. The fraction of sp³-hybridized carbons (Fsp3) is 0.889. The molecule has 3 nitrogen and oxygen atoms in total. The molecule has 0 heterocycles. The normalized spacial score (nSPS) is 10.0. The van der Waals surface area contributed by atoms with Gasteiger partial charge in [0.05, 0.1) is 6.54 Å². The Morgan fingerprint density at radius 3 is 2.77 bits per heavy atom. The Labute approximate surface area is 85.0 Å². The van der Waals surface area contributed by atoms with E-state index in [0.29, 0.717) is 6.54 Å². The monoisotopic (exact) mass is 204 g/mol. The van der Waals surface area contributed by atoms with Gasteiger partial charge in [0.25, 0.3) is 0 Å². The molecular weight excluding hydrogens is 184 g/mol. The molecule has 0 spiro atoms. The summed E-state index contributed by atoms with van der Waals surface area (Å²) in [7, 11) is 0. The summed E-state index contributed by atoms with van der Waals surface area (Å²) >= 11 is 1.83. The maximum absolute atomic E-state index is 11.1. The SMILES string of the molecule is CCCNC(=O)CNCCCSC. The second kappa shape index (κ2) is 9.86. The van der Waals surface area contributed by atoms with Gasteiger partial charge in [0, 0.05) is 6.54 Å². The summed E-state index contributed by atoms with van der Waals surface area (Å²) in [6, 6.07) is 0. The average molecular weight is 204 g/mol. The molecule has 0 aliphatic carbocycles. The van der Waals surface area contributed by atoms with Crippen LogP contribution in [0.4, 0.5) is 0 Å². The zero-order chi connectivity index (χ0) is 9.94. The lowest BCUT2D eigenvalue weighted by Crippen LogP contribution is -2.34. The molecule has 13 heavy (non-hydrogen) atoms. The lowest BCUT2D eigenvalue weighted by atomic mass is 10.4. The van der Waals surface area contributed by atoms with Crippen LogP contribution >= 0.6 is 11.8 Å². The minimum Gasteiger partial charge on any atom is -0.355 e. The van der Waals surface area contributed by atoms with E-state index < -0.39 is 0 Å². The molecule has 0 aliphatic heterocycles. The van der Waals surface area contributed by atoms with Crippen molar-refractivity contribution in [1.82, 2.24) is 10.6 Å². The summed E-state index contributed by atoms with van der Waals surface area (Å²) < 4.78 is 0. The van der Waals surface area contributed by atoms with Crippen LogP contribution in [0.25, 0.3) is 0 Å². The van der Waals surface area contributed by atoms with E-state index >= 15 is 0 Å². The van der Waals surface area contributed by atoms with Crippen LogP contribution in [-0.2, 0) is 4.79 Å². The smallest absolute Gasteiger partial charge is 0.233 e. The molecule has 2 N–H and O–H groups in total. The molecule has 0 aromatic rings. The molecule has 0 atom stereocenters. The van der Waals surface area contributed by atoms with Crippen molar-refractivity contribution >= 4 is 17.7 Å². The van der Waals surface area contributed by atoms with Gasteiger partial charge in [-0.1, -0.05) is 6.92 Å². The van der Waals surface area contributed by atoms with E-state index in [1.54, 1.807) is 0 Å². The van der Waals surface area contributed by atoms with Crippen molar-refractivity contribution in [1.29, 1.82) is 0 Å². The van der Waals surface area contributed by atoms with Gasteiger partial charge in [0.15, 0.2) is 0 Å². The van der Waals surface area contributed by atoms with Crippen LogP contribution in [0.2, 0.25) is 0 Å². The second-order valence-electron chi connectivity index (χ2n) is 2.87. The highest BCUT2D eigenvalue weighted by Gasteiger charge is 1.97. The molecule has 0 aliphatic rings. The Morgan fingerprint density at radius 2 is 2.15 bits per heavy atom. The van der Waals surface area contributed by atoms with Crippen molar-refractivity contribution < 1.29 is 4.79 Å². The van der Waals surface area contributed by atoms with Gasteiger partial charge in [0.2, 0.25) is 5.91 Å². The summed E-state index contributed by atoms with van der Waals surface area (Å²) in [5.74, 6) is 1.26. The molecule has 0 rings (SSSR count). The number of carbonyl (C=O) groups excluding carboxylic acids is 1. The Hall–Kier alpha value is -0.220. The van der Waals surface area contributed by atoms with Gasteiger partial charge < -0.3 is 10.6 Å². The number of nitrogens with one attached hydrogen (secondary N) is 2. The average Bonchev–Trinajstić information content (AvgIpc) is 2.14. The molecule has 0 aromatic heterocycles. The van der Waals surface area contributed by atoms with Crippen LogP contribution in [-0.4, -0.2) is 37.6 Å². The lowest BCUT2D eigenvalue weighted by molar-refractivity contribution is -0.120. The third-order valence-corrected chi connectivity index (χ3v) is 2.26. The van der Waals surface area contributed by atoms with E-state index in [9.17, 15) is 4.79 Å². The van der Waals surface area contributed by atoms with E-state index in [2.05, 4.69) is 16.9 Å². The summed E-state index contributed by atoms with van der Waals surface area (Å²) in [6.07, 6.45) is 4.22. The third kappa shape index (κ3) is 9.70. The first-order valence-electron chi connectivity index (χ1n) is 4.77. The quantitative estimate of drug-likeness (QED) is 0.576. The third-order valence-electron chi connectivity index (χ3n) is 1.56. The van der Waals surface area contributed by atoms with Gasteiger partial charge in [-0.2, -0.15) is 11.8 Å². The molecule has 0 aromatic carbocycles. The zero-order valence-corrected chi connectivity index (χ0v) is 9.38. The van der Waals surface area contributed by atoms with Crippen LogP contribution in [0.3, 0.4) is 0 Å². The van der Waals surface area contributed by atoms with Gasteiger partial charge in [-0.15, -0.1) is 0 Å². The number of carbonyl (C=O) groups is 1. The highest BCUT2D eigenvalue weighted by Crippen LogP contribution is 1.92. The zero-order valence-electron chi connectivity index (χ0n) is 8.56. The van der Waals surface area contributed by atoms with Gasteiger partial charge in [-0.3, -0.25) is 4.79 Å². The van der Waals surface area contributed by atoms with Crippen molar-refractivity contribution in [2.45, 2.75) is 19.8 Å². The molecule has 0 saturated heterocycles. The first-order chi connectivity index (χ1) is 6.31. The predicted molar refractivity (Wildman–Crippen MR) is 59.2 cm³/mol. The fourth-order valence-corrected chi connectivity index (χ4v) is 1.30. The van der Waals surface area contributed by atoms with Crippen LogP contribution in [0, 0.1) is 0 Å². The largest absolute Gasteiger partial charge is 0.355 e. The first kappa shape index (κ1) is 12.8. The summed E-state index contributed by atoms with van der Waals surface area (Å²) in [6.45, 7) is 4.21. The molecule has 0 unspecified atom stereocenters. The standard InChI is InChI=1S/C9H20N2OS/c1-3-5-11-9(12)8-10-6-4-7-13-2/h10H,3-8H2,1-2H3,(H,11,12). The molecular formula is C9H20N2OS. The highest BCUT2D eigenvalue weighted by atomic mass is 32.2. The molecule has 0 fully saturated rings. The summed E-state index contributed by atoms with van der Waals surface area (Å²) in [5, 5.41) is 5.92. The highest BCUT2D eigenvalue weighted by molar-refractivity contribution is 7.98. The van der Waals surface area contributed by atoms with Gasteiger partial charge >= 0.3 is 0 Å². The number of hydrogen-bond donors (Lipinski definition) is 2. The maximum Gasteiger partial charge on any atom is 0.233 e. The second-order valence-corrected chi connectivity index (χ2v) is 3.86. The molecule has 1 amide bonds. The van der Waals surface area contributed by atoms with Crippen LogP contribution < -0.4 is 10.6 Å². The molecule has 78 valence electrons. The minimum absolute atomic E-state index is 0.103. The van der Waals surface area contributed by atoms with Gasteiger partial charge in [-0.25, -0.2) is 0 Å². The van der Waals surface area contributed by atoms with E-state index in [-0.39, 0.29) is 5.91 Å². The molecule has 0 radical (unpaired) electrons. The number of hydrogen-bond acceptors (Lipinski definition) is 3. The Kier molecular flexibility index (Phi) is 9.70. The Balaban J connectivity index is 3.08. The number of amides is 1. The first-order valence-corrected chi connectivity index (χ1v) is 6.17. The Morgan fingerprint density at radius 1 is 1.38 bits per heavy atom. The summed E-state index contributed by atoms with van der Waals surface area (Å²) in [4.78, 5) is 11.1. The van der Waals surface area contributed by atoms with Crippen LogP contribution in [0.1, 0.15) is 19.8 Å². The topological polar surface area (TPSA) is 41.1 Å². The molecule has 0 saturated carbocycles. The minimum atomic E-state index is 0.103. The lowest BCUT2D eigenvalue weighted by Gasteiger charge is -2.04. The van der Waals surface area contributed by atoms with E-state index in [0.717, 1.165) is 31.7 Å². The van der Waals surface area contributed by atoms with Crippen LogP contribution in [0.15, 0.2) is 0 Å². The van der Waals surface area contributed by atoms with Crippen molar-refractivity contribution in [2.75, 3.05) is 31.6 Å². The van der Waals surface area contributed by atoms with Crippen LogP contribution in [0.5, 0.6) is 0 Å². The van der Waals surface area contributed by atoms with Gasteiger partial charge in [-0.05, 0) is 31.4 Å². The van der Waals surface area contributed by atoms with Crippen molar-refractivity contribution in [3.8, 4) is 0 Å². The van der Waals surface area contributed by atoms with E-state index in [1.165, 1.54) is 0 Å². The Bertz CT molecular complexity index is 131. The summed E-state index contributed by atoms with van der Waals surface area (Å²) in [5.41, 5.74) is 0. The molecule has 0 bridgehead atoms. The van der Waals surface area contributed by atoms with E-state index in [1.807, 2.05) is 18.7 Å². The van der Waals surface area contributed by atoms with Gasteiger partial charge in [0.1, 0.15) is 0 Å². The van der Waals surface area contributed by atoms with Crippen molar-refractivity contribution in [3.63, 3.8) is 0 Å². The molecule has 4 heteroatoms.